The zero-order chi connectivity index (χ0) is 15.2. The lowest BCUT2D eigenvalue weighted by Gasteiger charge is -2.17. The molecule has 2 atom stereocenters. The van der Waals surface area contributed by atoms with Crippen molar-refractivity contribution >= 4 is 22.7 Å². The second-order valence-corrected chi connectivity index (χ2v) is 6.99. The molecule has 0 saturated carbocycles. The molecule has 1 heterocycles. The smallest absolute Gasteiger partial charge is 0.0719 e. The van der Waals surface area contributed by atoms with Crippen LogP contribution in [0.2, 0.25) is 0 Å². The van der Waals surface area contributed by atoms with Crippen LogP contribution in [0.4, 0.5) is 0 Å². The highest BCUT2D eigenvalue weighted by molar-refractivity contribution is 7.99. The summed E-state index contributed by atoms with van der Waals surface area (Å²) in [5, 5.41) is 10.3. The molecule has 2 unspecified atom stereocenters. The molecule has 0 aliphatic carbocycles. The van der Waals surface area contributed by atoms with E-state index in [0.29, 0.717) is 6.04 Å². The van der Waals surface area contributed by atoms with Gasteiger partial charge in [-0.1, -0.05) is 32.0 Å². The molecule has 1 aromatic heterocycles. The lowest BCUT2D eigenvalue weighted by molar-refractivity contribution is 0.592. The van der Waals surface area contributed by atoms with Crippen molar-refractivity contribution in [2.24, 2.45) is 0 Å². The molecule has 0 radical (unpaired) electrons. The Balaban J connectivity index is 2.14. The van der Waals surface area contributed by atoms with Crippen LogP contribution in [0, 0.1) is 0 Å². The number of hydrogen-bond donors (Lipinski definition) is 1. The number of aromatic nitrogens is 2. The fourth-order valence-corrected chi connectivity index (χ4v) is 3.55. The van der Waals surface area contributed by atoms with Crippen LogP contribution in [0.5, 0.6) is 0 Å². The van der Waals surface area contributed by atoms with Crippen molar-refractivity contribution in [2.75, 3.05) is 12.8 Å². The molecule has 0 spiro atoms. The van der Waals surface area contributed by atoms with E-state index in [4.69, 9.17) is 5.10 Å². The zero-order valence-corrected chi connectivity index (χ0v) is 14.4. The average molecular weight is 305 g/mol. The van der Waals surface area contributed by atoms with Crippen LogP contribution in [-0.2, 0) is 13.0 Å². The minimum atomic E-state index is 0.479. The Hall–Kier alpha value is -1.00. The summed E-state index contributed by atoms with van der Waals surface area (Å²) in [5.74, 6) is 1.14. The van der Waals surface area contributed by atoms with E-state index >= 15 is 0 Å². The highest BCUT2D eigenvalue weighted by Crippen LogP contribution is 2.21. The number of nitrogens with one attached hydrogen (secondary N) is 1. The van der Waals surface area contributed by atoms with Crippen molar-refractivity contribution in [1.29, 1.82) is 0 Å². The topological polar surface area (TPSA) is 29.9 Å². The van der Waals surface area contributed by atoms with E-state index in [2.05, 4.69) is 62.1 Å². The van der Waals surface area contributed by atoms with Crippen molar-refractivity contribution in [3.63, 3.8) is 0 Å². The molecule has 1 N–H and O–H groups in total. The predicted molar refractivity (Wildman–Crippen MR) is 94.2 cm³/mol. The van der Waals surface area contributed by atoms with E-state index in [9.17, 15) is 0 Å². The molecule has 0 bridgehead atoms. The van der Waals surface area contributed by atoms with Gasteiger partial charge in [0.25, 0.3) is 0 Å². The molecule has 0 aliphatic heterocycles. The number of hydrogen-bond acceptors (Lipinski definition) is 3. The van der Waals surface area contributed by atoms with Gasteiger partial charge in [0.15, 0.2) is 0 Å². The largest absolute Gasteiger partial charge is 0.316 e. The third-order valence-electron chi connectivity index (χ3n) is 4.04. The van der Waals surface area contributed by atoms with Gasteiger partial charge in [0.1, 0.15) is 0 Å². The minimum absolute atomic E-state index is 0.479. The van der Waals surface area contributed by atoms with Crippen LogP contribution in [0.1, 0.15) is 32.9 Å². The molecule has 0 fully saturated rings. The minimum Gasteiger partial charge on any atom is -0.316 e. The van der Waals surface area contributed by atoms with Crippen LogP contribution in [0.3, 0.4) is 0 Å². The quantitative estimate of drug-likeness (QED) is 0.806. The number of nitrogens with zero attached hydrogens (tertiary/aromatic N) is 2. The number of benzene rings is 1. The lowest BCUT2D eigenvalue weighted by Crippen LogP contribution is -2.31. The van der Waals surface area contributed by atoms with Crippen LogP contribution in [0.25, 0.3) is 10.9 Å². The third-order valence-corrected chi connectivity index (χ3v) is 5.54. The summed E-state index contributed by atoms with van der Waals surface area (Å²) in [6.07, 6.45) is 2.22. The summed E-state index contributed by atoms with van der Waals surface area (Å²) in [5.41, 5.74) is 2.47. The van der Waals surface area contributed by atoms with Gasteiger partial charge in [-0.25, -0.2) is 0 Å². The first kappa shape index (κ1) is 16.4. The van der Waals surface area contributed by atoms with Crippen molar-refractivity contribution in [3.05, 3.63) is 30.0 Å². The molecule has 2 rings (SSSR count). The molecule has 21 heavy (non-hydrogen) atoms. The first-order valence-electron chi connectivity index (χ1n) is 7.92. The van der Waals surface area contributed by atoms with Gasteiger partial charge in [0, 0.05) is 35.4 Å². The van der Waals surface area contributed by atoms with Gasteiger partial charge >= 0.3 is 0 Å². The Bertz CT molecular complexity index is 564. The van der Waals surface area contributed by atoms with E-state index in [1.165, 1.54) is 23.0 Å². The van der Waals surface area contributed by atoms with Gasteiger partial charge < -0.3 is 5.32 Å². The van der Waals surface area contributed by atoms with Crippen LogP contribution in [-0.4, -0.2) is 33.9 Å². The fourth-order valence-electron chi connectivity index (χ4n) is 2.46. The molecule has 0 saturated heterocycles. The number of fused-ring (bicyclic) bond motifs is 1. The maximum Gasteiger partial charge on any atom is 0.0719 e. The molecular weight excluding hydrogens is 278 g/mol. The molecule has 0 aliphatic rings. The van der Waals surface area contributed by atoms with E-state index < -0.39 is 0 Å². The molecule has 3 nitrogen and oxygen atoms in total. The first-order valence-corrected chi connectivity index (χ1v) is 8.97. The second kappa shape index (κ2) is 7.85. The molecule has 2 aromatic rings. The summed E-state index contributed by atoms with van der Waals surface area (Å²) in [7, 11) is 2.06. The van der Waals surface area contributed by atoms with Gasteiger partial charge in [-0.15, -0.1) is 0 Å². The normalized spacial score (nSPS) is 14.5. The molecule has 116 valence electrons. The average Bonchev–Trinajstić information content (AvgIpc) is 2.89. The number of rotatable bonds is 8. The summed E-state index contributed by atoms with van der Waals surface area (Å²) < 4.78 is 2.11. The van der Waals surface area contributed by atoms with Gasteiger partial charge in [-0.2, -0.15) is 16.9 Å². The number of likely N-dealkylation sites (N-methyl/N-ethyl adjacent to an activating group) is 1. The summed E-state index contributed by atoms with van der Waals surface area (Å²) >= 11 is 2.05. The Morgan fingerprint density at radius 1 is 1.29 bits per heavy atom. The number of thioether (sulfide) groups is 1. The van der Waals surface area contributed by atoms with Crippen molar-refractivity contribution in [1.82, 2.24) is 15.1 Å². The highest BCUT2D eigenvalue weighted by Gasteiger charge is 2.15. The van der Waals surface area contributed by atoms with Gasteiger partial charge in [-0.3, -0.25) is 4.68 Å². The highest BCUT2D eigenvalue weighted by atomic mass is 32.2. The van der Waals surface area contributed by atoms with E-state index in [-0.39, 0.29) is 0 Å². The van der Waals surface area contributed by atoms with Gasteiger partial charge in [-0.05, 0) is 26.5 Å². The Morgan fingerprint density at radius 3 is 2.71 bits per heavy atom. The Kier molecular flexibility index (Phi) is 6.12. The van der Waals surface area contributed by atoms with E-state index in [1.54, 1.807) is 0 Å². The molecule has 4 heteroatoms. The van der Waals surface area contributed by atoms with Crippen LogP contribution in [0.15, 0.2) is 24.3 Å². The Morgan fingerprint density at radius 2 is 2.05 bits per heavy atom. The molecule has 1 aromatic carbocycles. The van der Waals surface area contributed by atoms with Crippen molar-refractivity contribution in [3.8, 4) is 0 Å². The predicted octanol–water partition coefficient (Wildman–Crippen LogP) is 3.72. The maximum atomic E-state index is 4.81. The maximum absolute atomic E-state index is 4.81. The Labute approximate surface area is 132 Å². The SMILES string of the molecule is CCC(C)SCC(Cc1nn(CC)c2ccccc12)NC. The number of aryl methyl sites for hydroxylation is 1. The summed E-state index contributed by atoms with van der Waals surface area (Å²) in [6, 6.07) is 9.03. The van der Waals surface area contributed by atoms with E-state index in [0.717, 1.165) is 24.0 Å². The van der Waals surface area contributed by atoms with Crippen molar-refractivity contribution < 1.29 is 0 Å². The summed E-state index contributed by atoms with van der Waals surface area (Å²) in [4.78, 5) is 0. The fraction of sp³-hybridized carbons (Fsp3) is 0.588. The van der Waals surface area contributed by atoms with E-state index in [1.807, 2.05) is 11.8 Å². The van der Waals surface area contributed by atoms with Crippen LogP contribution < -0.4 is 5.32 Å². The second-order valence-electron chi connectivity index (χ2n) is 5.52. The third kappa shape index (κ3) is 4.01. The zero-order valence-electron chi connectivity index (χ0n) is 13.6. The monoisotopic (exact) mass is 305 g/mol. The van der Waals surface area contributed by atoms with Crippen molar-refractivity contribution in [2.45, 2.75) is 51.4 Å². The van der Waals surface area contributed by atoms with Gasteiger partial charge in [0.2, 0.25) is 0 Å². The molecular formula is C17H27N3S. The summed E-state index contributed by atoms with van der Waals surface area (Å²) in [6.45, 7) is 7.63. The van der Waals surface area contributed by atoms with Gasteiger partial charge in [0.05, 0.1) is 11.2 Å². The lowest BCUT2D eigenvalue weighted by atomic mass is 10.1. The first-order chi connectivity index (χ1) is 10.2. The molecule has 0 amide bonds. The standard InChI is InChI=1S/C17H27N3S/c1-5-13(3)21-12-14(18-4)11-16-15-9-7-8-10-17(15)20(6-2)19-16/h7-10,13-14,18H,5-6,11-12H2,1-4H3. The number of para-hydroxylation sites is 1. The van der Waals surface area contributed by atoms with Crippen LogP contribution >= 0.6 is 11.8 Å².